The van der Waals surface area contributed by atoms with Crippen LogP contribution >= 0.6 is 11.3 Å². The van der Waals surface area contributed by atoms with Crippen molar-refractivity contribution in [2.24, 2.45) is 5.92 Å². The van der Waals surface area contributed by atoms with Gasteiger partial charge in [-0.25, -0.2) is 4.98 Å². The first-order valence-electron chi connectivity index (χ1n) is 7.62. The lowest BCUT2D eigenvalue weighted by Crippen LogP contribution is -2.39. The summed E-state index contributed by atoms with van der Waals surface area (Å²) in [4.78, 5) is 41.0. The summed E-state index contributed by atoms with van der Waals surface area (Å²) in [6.07, 6.45) is 4.69. The van der Waals surface area contributed by atoms with E-state index < -0.39 is 0 Å². The van der Waals surface area contributed by atoms with Crippen LogP contribution in [0.25, 0.3) is 0 Å². The van der Waals surface area contributed by atoms with Crippen molar-refractivity contribution >= 4 is 34.3 Å². The Balaban J connectivity index is 1.81. The van der Waals surface area contributed by atoms with Crippen LogP contribution in [0.1, 0.15) is 32.1 Å². The molecule has 0 spiro atoms. The molecule has 0 aromatic carbocycles. The number of hydrogen-bond acceptors (Lipinski definition) is 6. The number of methoxy groups -OCH3 is 1. The third-order valence-corrected chi connectivity index (χ3v) is 4.23. The zero-order valence-corrected chi connectivity index (χ0v) is 13.9. The number of esters is 1. The average Bonchev–Trinajstić information content (AvgIpc) is 3.20. The van der Waals surface area contributed by atoms with Gasteiger partial charge in [-0.1, -0.05) is 0 Å². The lowest BCUT2D eigenvalue weighted by atomic mass is 10.2. The van der Waals surface area contributed by atoms with E-state index in [9.17, 15) is 14.4 Å². The summed E-state index contributed by atoms with van der Waals surface area (Å²) < 4.78 is 4.56. The smallest absolute Gasteiger partial charge is 0.305 e. The van der Waals surface area contributed by atoms with Crippen LogP contribution in [0.3, 0.4) is 0 Å². The van der Waals surface area contributed by atoms with Crippen LogP contribution in [-0.2, 0) is 19.1 Å². The molecule has 1 aliphatic carbocycles. The van der Waals surface area contributed by atoms with E-state index in [2.05, 4.69) is 15.0 Å². The van der Waals surface area contributed by atoms with Gasteiger partial charge in [-0.2, -0.15) is 0 Å². The van der Waals surface area contributed by atoms with Crippen molar-refractivity contribution in [2.45, 2.75) is 32.1 Å². The van der Waals surface area contributed by atoms with Gasteiger partial charge in [0.15, 0.2) is 5.13 Å². The van der Waals surface area contributed by atoms with Crippen molar-refractivity contribution < 1.29 is 19.1 Å². The second-order valence-corrected chi connectivity index (χ2v) is 6.43. The number of hydrogen-bond donors (Lipinski definition) is 1. The molecule has 8 heteroatoms. The first-order valence-corrected chi connectivity index (χ1v) is 8.50. The molecule has 0 aliphatic heterocycles. The number of carbonyl (C=O) groups is 3. The minimum Gasteiger partial charge on any atom is -0.469 e. The molecule has 0 bridgehead atoms. The molecule has 0 saturated heterocycles. The summed E-state index contributed by atoms with van der Waals surface area (Å²) in [5, 5.41) is 4.99. The number of nitrogens with zero attached hydrogens (tertiary/aromatic N) is 2. The normalized spacial score (nSPS) is 13.4. The van der Waals surface area contributed by atoms with Gasteiger partial charge in [0.25, 0.3) is 0 Å². The highest BCUT2D eigenvalue weighted by Crippen LogP contribution is 2.30. The molecule has 2 amide bonds. The monoisotopic (exact) mass is 339 g/mol. The first kappa shape index (κ1) is 17.4. The Morgan fingerprint density at radius 1 is 1.39 bits per heavy atom. The fourth-order valence-electron chi connectivity index (χ4n) is 2.13. The molecule has 126 valence electrons. The summed E-state index contributed by atoms with van der Waals surface area (Å²) >= 11 is 1.33. The van der Waals surface area contributed by atoms with Crippen LogP contribution in [-0.4, -0.2) is 47.9 Å². The molecule has 7 nitrogen and oxygen atoms in total. The number of thiazole rings is 1. The van der Waals surface area contributed by atoms with Crippen molar-refractivity contribution in [3.8, 4) is 0 Å². The quantitative estimate of drug-likeness (QED) is 0.691. The van der Waals surface area contributed by atoms with Gasteiger partial charge in [-0.3, -0.25) is 14.4 Å². The predicted octanol–water partition coefficient (Wildman–Crippen LogP) is 1.66. The van der Waals surface area contributed by atoms with Gasteiger partial charge in [0, 0.05) is 31.0 Å². The zero-order valence-electron chi connectivity index (χ0n) is 13.1. The Morgan fingerprint density at radius 2 is 2.17 bits per heavy atom. The van der Waals surface area contributed by atoms with E-state index in [4.69, 9.17) is 0 Å². The molecule has 1 aliphatic rings. The molecule has 1 heterocycles. The zero-order chi connectivity index (χ0) is 16.7. The second kappa shape index (κ2) is 8.61. The molecule has 1 aromatic heterocycles. The molecule has 0 unspecified atom stereocenters. The van der Waals surface area contributed by atoms with Crippen LogP contribution in [0.15, 0.2) is 11.6 Å². The maximum absolute atomic E-state index is 12.3. The van der Waals surface area contributed by atoms with Gasteiger partial charge in [0.05, 0.1) is 13.7 Å². The summed E-state index contributed by atoms with van der Waals surface area (Å²) in [6.45, 7) is 0.621. The number of ether oxygens (including phenoxy) is 1. The van der Waals surface area contributed by atoms with Gasteiger partial charge in [0.1, 0.15) is 0 Å². The van der Waals surface area contributed by atoms with Gasteiger partial charge in [-0.05, 0) is 25.2 Å². The van der Waals surface area contributed by atoms with Crippen molar-refractivity contribution in [3.05, 3.63) is 11.6 Å². The Bertz CT molecular complexity index is 543. The lowest BCUT2D eigenvalue weighted by molar-refractivity contribution is -0.141. The maximum Gasteiger partial charge on any atom is 0.305 e. The molecule has 1 N–H and O–H groups in total. The van der Waals surface area contributed by atoms with Crippen LogP contribution in [0.4, 0.5) is 5.13 Å². The molecular formula is C15H21N3O4S. The van der Waals surface area contributed by atoms with E-state index >= 15 is 0 Å². The lowest BCUT2D eigenvalue weighted by Gasteiger charge is -2.22. The molecule has 0 atom stereocenters. The molecule has 0 radical (unpaired) electrons. The van der Waals surface area contributed by atoms with Gasteiger partial charge in [0.2, 0.25) is 11.8 Å². The van der Waals surface area contributed by atoms with E-state index in [1.54, 1.807) is 16.5 Å². The Labute approximate surface area is 139 Å². The van der Waals surface area contributed by atoms with Crippen LogP contribution in [0, 0.1) is 5.92 Å². The van der Waals surface area contributed by atoms with E-state index in [0.717, 1.165) is 12.8 Å². The standard InChI is InChI=1S/C15H21N3O4S/c1-22-14(21)4-2-3-13(20)18(9-11-5-6-11)10-12(19)17-15-16-7-8-23-15/h7-8,11H,2-6,9-10H2,1H3,(H,16,17,19). The number of carbonyl (C=O) groups excluding carboxylic acids is 3. The Kier molecular flexibility index (Phi) is 6.52. The summed E-state index contributed by atoms with van der Waals surface area (Å²) in [6, 6.07) is 0. The largest absolute Gasteiger partial charge is 0.469 e. The fraction of sp³-hybridized carbons (Fsp3) is 0.600. The summed E-state index contributed by atoms with van der Waals surface area (Å²) in [7, 11) is 1.33. The number of amides is 2. The Morgan fingerprint density at radius 3 is 2.78 bits per heavy atom. The first-order chi connectivity index (χ1) is 11.1. The molecule has 23 heavy (non-hydrogen) atoms. The number of aromatic nitrogens is 1. The third kappa shape index (κ3) is 6.35. The molecule has 1 aromatic rings. The Hall–Kier alpha value is -1.96. The van der Waals surface area contributed by atoms with Crippen molar-refractivity contribution in [2.75, 3.05) is 25.5 Å². The SMILES string of the molecule is COC(=O)CCCC(=O)N(CC(=O)Nc1nccs1)CC1CC1. The minimum absolute atomic E-state index is 0.0210. The van der Waals surface area contributed by atoms with Crippen LogP contribution in [0.2, 0.25) is 0 Å². The van der Waals surface area contributed by atoms with Crippen molar-refractivity contribution in [3.63, 3.8) is 0 Å². The highest BCUT2D eigenvalue weighted by Gasteiger charge is 2.28. The molecule has 1 saturated carbocycles. The number of anilines is 1. The summed E-state index contributed by atoms with van der Waals surface area (Å²) in [5.41, 5.74) is 0. The third-order valence-electron chi connectivity index (χ3n) is 3.54. The van der Waals surface area contributed by atoms with Gasteiger partial charge >= 0.3 is 5.97 Å². The topological polar surface area (TPSA) is 88.6 Å². The second-order valence-electron chi connectivity index (χ2n) is 5.53. The van der Waals surface area contributed by atoms with E-state index in [1.165, 1.54) is 18.4 Å². The minimum atomic E-state index is -0.326. The highest BCUT2D eigenvalue weighted by molar-refractivity contribution is 7.13. The molecule has 2 rings (SSSR count). The van der Waals surface area contributed by atoms with E-state index in [1.807, 2.05) is 0 Å². The van der Waals surface area contributed by atoms with Gasteiger partial charge in [-0.15, -0.1) is 11.3 Å². The van der Waals surface area contributed by atoms with Gasteiger partial charge < -0.3 is 15.0 Å². The number of nitrogens with one attached hydrogen (secondary N) is 1. The highest BCUT2D eigenvalue weighted by atomic mass is 32.1. The predicted molar refractivity (Wildman–Crippen MR) is 85.9 cm³/mol. The fourth-order valence-corrected chi connectivity index (χ4v) is 2.67. The summed E-state index contributed by atoms with van der Waals surface area (Å²) in [5.74, 6) is -0.183. The van der Waals surface area contributed by atoms with Crippen LogP contribution in [0.5, 0.6) is 0 Å². The maximum atomic E-state index is 12.3. The molecule has 1 fully saturated rings. The average molecular weight is 339 g/mol. The van der Waals surface area contributed by atoms with Crippen molar-refractivity contribution in [1.29, 1.82) is 0 Å². The van der Waals surface area contributed by atoms with Crippen molar-refractivity contribution in [1.82, 2.24) is 9.88 Å². The van der Waals surface area contributed by atoms with E-state index in [0.29, 0.717) is 24.0 Å². The molecular weight excluding hydrogens is 318 g/mol. The van der Waals surface area contributed by atoms with E-state index in [-0.39, 0.29) is 37.2 Å². The number of rotatable bonds is 9. The van der Waals surface area contributed by atoms with Crippen LogP contribution < -0.4 is 5.32 Å².